The Morgan fingerprint density at radius 1 is 1.10 bits per heavy atom. The zero-order chi connectivity index (χ0) is 20.2. The summed E-state index contributed by atoms with van der Waals surface area (Å²) in [6.45, 7) is 1.19. The number of methoxy groups -OCH3 is 1. The minimum Gasteiger partial charge on any atom is -0.496 e. The Morgan fingerprint density at radius 2 is 1.86 bits per heavy atom. The van der Waals surface area contributed by atoms with E-state index in [-0.39, 0.29) is 0 Å². The molecular formula is C21H21N5O2S. The summed E-state index contributed by atoms with van der Waals surface area (Å²) >= 11 is 5.35. The van der Waals surface area contributed by atoms with Crippen LogP contribution in [0.2, 0.25) is 0 Å². The molecule has 0 amide bonds. The molecule has 8 heteroatoms. The summed E-state index contributed by atoms with van der Waals surface area (Å²) in [4.78, 5) is 2.41. The third kappa shape index (κ3) is 4.28. The number of benzene rings is 2. The van der Waals surface area contributed by atoms with Gasteiger partial charge in [-0.25, -0.2) is 9.36 Å². The summed E-state index contributed by atoms with van der Waals surface area (Å²) in [5, 5.41) is 8.97. The highest BCUT2D eigenvalue weighted by atomic mass is 32.1. The molecule has 4 aromatic rings. The highest BCUT2D eigenvalue weighted by molar-refractivity contribution is 7.71. The zero-order valence-corrected chi connectivity index (χ0v) is 17.0. The summed E-state index contributed by atoms with van der Waals surface area (Å²) in [6.07, 6.45) is 3.89. The molecule has 148 valence electrons. The monoisotopic (exact) mass is 407 g/mol. The van der Waals surface area contributed by atoms with Gasteiger partial charge in [-0.3, -0.25) is 4.90 Å². The maximum atomic E-state index is 5.70. The second-order valence-electron chi connectivity index (χ2n) is 6.66. The molecule has 0 atom stereocenters. The molecule has 2 aromatic carbocycles. The first-order valence-corrected chi connectivity index (χ1v) is 9.54. The Kier molecular flexibility index (Phi) is 5.55. The summed E-state index contributed by atoms with van der Waals surface area (Å²) in [7, 11) is 3.62. The van der Waals surface area contributed by atoms with Crippen LogP contribution < -0.4 is 4.74 Å². The lowest BCUT2D eigenvalue weighted by Crippen LogP contribution is -2.22. The van der Waals surface area contributed by atoms with Gasteiger partial charge in [0.2, 0.25) is 0 Å². The number of hydrogen-bond acceptors (Lipinski definition) is 6. The van der Waals surface area contributed by atoms with Crippen LogP contribution in [0.15, 0.2) is 71.4 Å². The Morgan fingerprint density at radius 3 is 2.66 bits per heavy atom. The average molecular weight is 407 g/mol. The van der Waals surface area contributed by atoms with Crippen LogP contribution in [0.5, 0.6) is 5.75 Å². The van der Waals surface area contributed by atoms with E-state index in [2.05, 4.69) is 15.1 Å². The van der Waals surface area contributed by atoms with Gasteiger partial charge in [-0.2, -0.15) is 5.10 Å². The van der Waals surface area contributed by atoms with Crippen LogP contribution in [0.1, 0.15) is 5.56 Å². The first kappa shape index (κ1) is 19.1. The average Bonchev–Trinajstić information content (AvgIpc) is 3.35. The van der Waals surface area contributed by atoms with Gasteiger partial charge in [0.15, 0.2) is 0 Å². The van der Waals surface area contributed by atoms with Crippen LogP contribution in [0.4, 0.5) is 0 Å². The maximum Gasteiger partial charge on any atom is 0.288 e. The molecule has 0 saturated carbocycles. The van der Waals surface area contributed by atoms with E-state index < -0.39 is 0 Å². The van der Waals surface area contributed by atoms with Crippen molar-refractivity contribution < 1.29 is 9.15 Å². The molecule has 0 saturated heterocycles. The van der Waals surface area contributed by atoms with E-state index in [0.717, 1.165) is 16.8 Å². The summed E-state index contributed by atoms with van der Waals surface area (Å²) in [5.74, 6) is 1.13. The van der Waals surface area contributed by atoms with Gasteiger partial charge in [0.05, 0.1) is 31.2 Å². The molecule has 0 spiro atoms. The van der Waals surface area contributed by atoms with Gasteiger partial charge in [-0.15, -0.1) is 5.10 Å². The molecule has 0 unspecified atom stereocenters. The van der Waals surface area contributed by atoms with Crippen molar-refractivity contribution in [2.24, 2.45) is 0 Å². The van der Waals surface area contributed by atoms with E-state index in [9.17, 15) is 0 Å². The lowest BCUT2D eigenvalue weighted by molar-refractivity contribution is 0.240. The van der Waals surface area contributed by atoms with Crippen molar-refractivity contribution >= 4 is 12.2 Å². The normalized spacial score (nSPS) is 11.1. The number of hydrogen-bond donors (Lipinski definition) is 0. The topological polar surface area (TPSA) is 61.2 Å². The molecule has 4 rings (SSSR count). The minimum absolute atomic E-state index is 0.317. The van der Waals surface area contributed by atoms with E-state index in [4.69, 9.17) is 21.4 Å². The van der Waals surface area contributed by atoms with Crippen LogP contribution >= 0.6 is 12.2 Å². The molecule has 7 nitrogen and oxygen atoms in total. The fourth-order valence-electron chi connectivity index (χ4n) is 3.08. The van der Waals surface area contributed by atoms with E-state index in [1.165, 1.54) is 0 Å². The second kappa shape index (κ2) is 8.42. The molecular weight excluding hydrogens is 386 g/mol. The lowest BCUT2D eigenvalue weighted by Gasteiger charge is -2.14. The van der Waals surface area contributed by atoms with Gasteiger partial charge in [-0.1, -0.05) is 30.3 Å². The molecule has 0 aliphatic heterocycles. The highest BCUT2D eigenvalue weighted by Gasteiger charge is 2.14. The van der Waals surface area contributed by atoms with E-state index in [0.29, 0.717) is 29.7 Å². The molecule has 2 aromatic heterocycles. The van der Waals surface area contributed by atoms with Crippen LogP contribution in [-0.4, -0.2) is 38.6 Å². The number of rotatable bonds is 7. The molecule has 0 N–H and O–H groups in total. The van der Waals surface area contributed by atoms with Crippen molar-refractivity contribution in [1.82, 2.24) is 24.5 Å². The molecule has 0 aliphatic rings. The minimum atomic E-state index is 0.317. The molecule has 0 aliphatic carbocycles. The van der Waals surface area contributed by atoms with Crippen LogP contribution in [0.25, 0.3) is 17.1 Å². The van der Waals surface area contributed by atoms with Crippen molar-refractivity contribution in [2.75, 3.05) is 14.2 Å². The van der Waals surface area contributed by atoms with Gasteiger partial charge in [-0.05, 0) is 43.5 Å². The van der Waals surface area contributed by atoms with Crippen LogP contribution in [0, 0.1) is 4.84 Å². The van der Waals surface area contributed by atoms with E-state index in [1.54, 1.807) is 11.8 Å². The predicted molar refractivity (Wildman–Crippen MR) is 112 cm³/mol. The van der Waals surface area contributed by atoms with Crippen molar-refractivity contribution in [1.29, 1.82) is 0 Å². The molecule has 0 fully saturated rings. The Balaban J connectivity index is 1.47. The third-order valence-corrected chi connectivity index (χ3v) is 4.72. The Bertz CT molecular complexity index is 1150. The molecule has 0 radical (unpaired) electrons. The van der Waals surface area contributed by atoms with Gasteiger partial charge >= 0.3 is 0 Å². The quantitative estimate of drug-likeness (QED) is 0.429. The lowest BCUT2D eigenvalue weighted by atomic mass is 10.2. The number of para-hydroxylation sites is 2. The van der Waals surface area contributed by atoms with E-state index >= 15 is 0 Å². The van der Waals surface area contributed by atoms with Crippen molar-refractivity contribution in [3.05, 3.63) is 77.4 Å². The summed E-state index contributed by atoms with van der Waals surface area (Å²) in [6, 6.07) is 17.6. The predicted octanol–water partition coefficient (Wildman–Crippen LogP) is 4.16. The first-order valence-electron chi connectivity index (χ1n) is 9.13. The molecule has 2 heterocycles. The zero-order valence-electron chi connectivity index (χ0n) is 16.2. The standard InChI is InChI=1S/C21H21N5O2S/c1-24(13-16-12-22-25(14-16)17-8-4-3-5-9-17)15-26-21(29)28-20(23-26)18-10-6-7-11-19(18)27-2/h3-12,14H,13,15H2,1-2H3. The van der Waals surface area contributed by atoms with Crippen LogP contribution in [0.3, 0.4) is 0 Å². The van der Waals surface area contributed by atoms with Crippen molar-refractivity contribution in [2.45, 2.75) is 13.2 Å². The largest absolute Gasteiger partial charge is 0.496 e. The summed E-state index contributed by atoms with van der Waals surface area (Å²) in [5.41, 5.74) is 2.89. The Labute approximate surface area is 173 Å². The maximum absolute atomic E-state index is 5.70. The number of ether oxygens (including phenoxy) is 1. The second-order valence-corrected chi connectivity index (χ2v) is 7.01. The highest BCUT2D eigenvalue weighted by Crippen LogP contribution is 2.28. The smallest absolute Gasteiger partial charge is 0.288 e. The number of nitrogens with zero attached hydrogens (tertiary/aromatic N) is 5. The van der Waals surface area contributed by atoms with E-state index in [1.807, 2.05) is 78.7 Å². The van der Waals surface area contributed by atoms with Gasteiger partial charge in [0.25, 0.3) is 10.7 Å². The molecule has 29 heavy (non-hydrogen) atoms. The SMILES string of the molecule is COc1ccccc1-c1nn(CN(C)Cc2cnn(-c3ccccc3)c2)c(=S)o1. The van der Waals surface area contributed by atoms with Gasteiger partial charge < -0.3 is 9.15 Å². The fourth-order valence-corrected chi connectivity index (χ4v) is 3.26. The third-order valence-electron chi connectivity index (χ3n) is 4.43. The van der Waals surface area contributed by atoms with Gasteiger partial charge in [0, 0.05) is 18.3 Å². The van der Waals surface area contributed by atoms with Gasteiger partial charge in [0.1, 0.15) is 5.75 Å². The van der Waals surface area contributed by atoms with Crippen LogP contribution in [-0.2, 0) is 13.2 Å². The first-order chi connectivity index (χ1) is 14.1. The van der Waals surface area contributed by atoms with Crippen molar-refractivity contribution in [3.63, 3.8) is 0 Å². The number of aromatic nitrogens is 4. The van der Waals surface area contributed by atoms with Crippen molar-refractivity contribution in [3.8, 4) is 22.9 Å². The Hall–Kier alpha value is -3.23. The molecule has 0 bridgehead atoms. The fraction of sp³-hybridized carbons (Fsp3) is 0.190. The summed E-state index contributed by atoms with van der Waals surface area (Å²) < 4.78 is 14.6.